The smallest absolute Gasteiger partial charge is 0.226 e. The predicted octanol–water partition coefficient (Wildman–Crippen LogP) is 4.80. The first kappa shape index (κ1) is 29.2. The lowest BCUT2D eigenvalue weighted by Crippen LogP contribution is -2.54. The zero-order valence-electron chi connectivity index (χ0n) is 20.3. The minimum Gasteiger partial charge on any atom is -0.337 e. The Morgan fingerprint density at radius 2 is 1.85 bits per heavy atom. The molecule has 0 bridgehead atoms. The SMILES string of the molecule is Cc1c(CN2CCN(C(=O)C3CCCC3)[C@@H](C)C2)cc(Cl)cc1NC(=O)CC1CCCN1.Cl.Cl. The average molecular weight is 534 g/mol. The highest BCUT2D eigenvalue weighted by Crippen LogP contribution is 2.30. The van der Waals surface area contributed by atoms with Crippen molar-refractivity contribution in [3.8, 4) is 0 Å². The molecule has 2 heterocycles. The number of carbonyl (C=O) groups is 2. The predicted molar refractivity (Wildman–Crippen MR) is 143 cm³/mol. The maximum absolute atomic E-state index is 12.9. The maximum Gasteiger partial charge on any atom is 0.226 e. The van der Waals surface area contributed by atoms with Crippen molar-refractivity contribution in [1.82, 2.24) is 15.1 Å². The van der Waals surface area contributed by atoms with Gasteiger partial charge in [0.25, 0.3) is 0 Å². The number of halogens is 3. The number of nitrogens with one attached hydrogen (secondary N) is 2. The highest BCUT2D eigenvalue weighted by molar-refractivity contribution is 6.31. The number of hydrogen-bond donors (Lipinski definition) is 2. The molecule has 34 heavy (non-hydrogen) atoms. The van der Waals surface area contributed by atoms with Gasteiger partial charge >= 0.3 is 0 Å². The molecule has 0 spiro atoms. The van der Waals surface area contributed by atoms with E-state index in [1.54, 1.807) is 0 Å². The van der Waals surface area contributed by atoms with E-state index in [1.807, 2.05) is 12.1 Å². The Kier molecular flexibility index (Phi) is 11.4. The molecule has 0 aromatic heterocycles. The average Bonchev–Trinajstić information content (AvgIpc) is 3.45. The van der Waals surface area contributed by atoms with Gasteiger partial charge < -0.3 is 15.5 Å². The molecule has 3 fully saturated rings. The van der Waals surface area contributed by atoms with Gasteiger partial charge in [-0.15, -0.1) is 24.8 Å². The molecule has 1 aromatic carbocycles. The van der Waals surface area contributed by atoms with Crippen molar-refractivity contribution in [3.63, 3.8) is 0 Å². The van der Waals surface area contributed by atoms with Crippen molar-refractivity contribution in [1.29, 1.82) is 0 Å². The molecule has 3 aliphatic rings. The third kappa shape index (κ3) is 7.23. The Bertz CT molecular complexity index is 842. The minimum absolute atomic E-state index is 0. The standard InChI is InChI=1S/C25H37ClN4O2.2ClH/c1-17-15-29(10-11-30(17)25(32)19-6-3-4-7-19)16-20-12-21(26)13-23(18(20)2)28-24(31)14-22-8-5-9-27-22;;/h12-13,17,19,22,27H,3-11,14-16H2,1-2H3,(H,28,31);2*1H/t17-,22?;;/m0../s1. The second-order valence-corrected chi connectivity index (χ2v) is 10.3. The van der Waals surface area contributed by atoms with Crippen LogP contribution in [0.3, 0.4) is 0 Å². The summed E-state index contributed by atoms with van der Waals surface area (Å²) in [5, 5.41) is 7.10. The molecule has 2 N–H and O–H groups in total. The maximum atomic E-state index is 12.9. The molecule has 2 saturated heterocycles. The fourth-order valence-electron chi connectivity index (χ4n) is 5.54. The Balaban J connectivity index is 0.00000204. The number of carbonyl (C=O) groups excluding carboxylic acids is 2. The Labute approximate surface area is 221 Å². The molecular formula is C25H39Cl3N4O2. The number of amides is 2. The molecule has 1 unspecified atom stereocenters. The van der Waals surface area contributed by atoms with Gasteiger partial charge in [-0.1, -0.05) is 24.4 Å². The summed E-state index contributed by atoms with van der Waals surface area (Å²) in [6, 6.07) is 4.35. The monoisotopic (exact) mass is 532 g/mol. The van der Waals surface area contributed by atoms with Crippen molar-refractivity contribution in [3.05, 3.63) is 28.3 Å². The molecule has 2 amide bonds. The van der Waals surface area contributed by atoms with Crippen LogP contribution in [0.1, 0.15) is 63.0 Å². The molecular weight excluding hydrogens is 495 g/mol. The van der Waals surface area contributed by atoms with Gasteiger partial charge in [-0.2, -0.15) is 0 Å². The Morgan fingerprint density at radius 3 is 2.50 bits per heavy atom. The van der Waals surface area contributed by atoms with Gasteiger partial charge in [-0.3, -0.25) is 14.5 Å². The van der Waals surface area contributed by atoms with Crippen LogP contribution in [0.4, 0.5) is 5.69 Å². The number of hydrogen-bond acceptors (Lipinski definition) is 4. The van der Waals surface area contributed by atoms with E-state index in [0.717, 1.165) is 75.2 Å². The van der Waals surface area contributed by atoms with Crippen molar-refractivity contribution < 1.29 is 9.59 Å². The second kappa shape index (κ2) is 13.3. The fraction of sp³-hybridized carbons (Fsp3) is 0.680. The van der Waals surface area contributed by atoms with Gasteiger partial charge in [-0.25, -0.2) is 0 Å². The van der Waals surface area contributed by atoms with E-state index < -0.39 is 0 Å². The molecule has 1 aromatic rings. The van der Waals surface area contributed by atoms with E-state index in [1.165, 1.54) is 12.8 Å². The molecule has 1 aliphatic carbocycles. The topological polar surface area (TPSA) is 64.7 Å². The molecule has 2 aliphatic heterocycles. The van der Waals surface area contributed by atoms with E-state index in [0.29, 0.717) is 17.4 Å². The molecule has 4 rings (SSSR count). The summed E-state index contributed by atoms with van der Waals surface area (Å²) in [7, 11) is 0. The van der Waals surface area contributed by atoms with Gasteiger partial charge in [0, 0.05) is 61.3 Å². The van der Waals surface area contributed by atoms with Crippen LogP contribution in [0, 0.1) is 12.8 Å². The van der Waals surface area contributed by atoms with Crippen LogP contribution in [0.2, 0.25) is 5.02 Å². The largest absolute Gasteiger partial charge is 0.337 e. The van der Waals surface area contributed by atoms with Crippen molar-refractivity contribution >= 4 is 53.9 Å². The zero-order chi connectivity index (χ0) is 22.7. The highest BCUT2D eigenvalue weighted by Gasteiger charge is 2.33. The molecule has 2 atom stereocenters. The van der Waals surface area contributed by atoms with E-state index in [2.05, 4.69) is 34.3 Å². The first-order valence-electron chi connectivity index (χ1n) is 12.3. The van der Waals surface area contributed by atoms with Gasteiger partial charge in [0.15, 0.2) is 0 Å². The molecule has 9 heteroatoms. The number of benzene rings is 1. The van der Waals surface area contributed by atoms with Crippen molar-refractivity contribution in [2.24, 2.45) is 5.92 Å². The molecule has 0 radical (unpaired) electrons. The van der Waals surface area contributed by atoms with Gasteiger partial charge in [0.05, 0.1) is 0 Å². The Hall–Kier alpha value is -1.05. The summed E-state index contributed by atoms with van der Waals surface area (Å²) in [6.07, 6.45) is 7.17. The van der Waals surface area contributed by atoms with E-state index in [9.17, 15) is 9.59 Å². The lowest BCUT2D eigenvalue weighted by Gasteiger charge is -2.41. The lowest BCUT2D eigenvalue weighted by atomic mass is 10.0. The summed E-state index contributed by atoms with van der Waals surface area (Å²) in [5.41, 5.74) is 3.01. The van der Waals surface area contributed by atoms with Crippen LogP contribution < -0.4 is 10.6 Å². The normalized spacial score (nSPS) is 23.3. The quantitative estimate of drug-likeness (QED) is 0.552. The number of anilines is 1. The zero-order valence-corrected chi connectivity index (χ0v) is 22.7. The molecule has 6 nitrogen and oxygen atoms in total. The molecule has 192 valence electrons. The third-order valence-corrected chi connectivity index (χ3v) is 7.66. The van der Waals surface area contributed by atoms with Crippen LogP contribution in [-0.2, 0) is 16.1 Å². The summed E-state index contributed by atoms with van der Waals surface area (Å²) in [4.78, 5) is 29.9. The van der Waals surface area contributed by atoms with Gasteiger partial charge in [0.2, 0.25) is 11.8 Å². The van der Waals surface area contributed by atoms with Gasteiger partial charge in [-0.05, 0) is 69.3 Å². The summed E-state index contributed by atoms with van der Waals surface area (Å²) < 4.78 is 0. The highest BCUT2D eigenvalue weighted by atomic mass is 35.5. The summed E-state index contributed by atoms with van der Waals surface area (Å²) >= 11 is 6.42. The van der Waals surface area contributed by atoms with Crippen LogP contribution >= 0.6 is 36.4 Å². The third-order valence-electron chi connectivity index (χ3n) is 7.44. The van der Waals surface area contributed by atoms with E-state index >= 15 is 0 Å². The van der Waals surface area contributed by atoms with Crippen LogP contribution in [0.15, 0.2) is 12.1 Å². The summed E-state index contributed by atoms with van der Waals surface area (Å²) in [5.74, 6) is 0.633. The second-order valence-electron chi connectivity index (χ2n) is 9.88. The van der Waals surface area contributed by atoms with Crippen LogP contribution in [0.5, 0.6) is 0 Å². The van der Waals surface area contributed by atoms with Crippen molar-refractivity contribution in [2.45, 2.75) is 77.4 Å². The van der Waals surface area contributed by atoms with E-state index in [-0.39, 0.29) is 48.7 Å². The Morgan fingerprint density at radius 1 is 1.12 bits per heavy atom. The minimum atomic E-state index is 0. The summed E-state index contributed by atoms with van der Waals surface area (Å²) in [6.45, 7) is 8.49. The fourth-order valence-corrected chi connectivity index (χ4v) is 5.78. The number of piperazine rings is 1. The van der Waals surface area contributed by atoms with Crippen molar-refractivity contribution in [2.75, 3.05) is 31.5 Å². The first-order valence-corrected chi connectivity index (χ1v) is 12.6. The first-order chi connectivity index (χ1) is 15.4. The number of nitrogens with zero attached hydrogens (tertiary/aromatic N) is 2. The number of rotatable bonds is 6. The molecule has 1 saturated carbocycles. The van der Waals surface area contributed by atoms with Crippen LogP contribution in [0.25, 0.3) is 0 Å². The van der Waals surface area contributed by atoms with Crippen LogP contribution in [-0.4, -0.2) is 59.9 Å². The lowest BCUT2D eigenvalue weighted by molar-refractivity contribution is -0.140. The van der Waals surface area contributed by atoms with E-state index in [4.69, 9.17) is 11.6 Å². The van der Waals surface area contributed by atoms with Gasteiger partial charge in [0.1, 0.15) is 0 Å².